The minimum atomic E-state index is 0.518. The third-order valence-electron chi connectivity index (χ3n) is 3.58. The highest BCUT2D eigenvalue weighted by Crippen LogP contribution is 2.24. The largest absolute Gasteiger partial charge is 0.314 e. The molecule has 1 aliphatic rings. The number of piperazine rings is 1. The zero-order valence-electron chi connectivity index (χ0n) is 12.1. The molecule has 2 rings (SSSR count). The van der Waals surface area contributed by atoms with Gasteiger partial charge in [0.1, 0.15) is 5.15 Å². The SMILES string of the molecule is Cc1cc(Cl)c(CN(C)CCN2CCNCC2)c(Cl)n1. The minimum absolute atomic E-state index is 0.518. The van der Waals surface area contributed by atoms with Crippen LogP contribution in [0.4, 0.5) is 0 Å². The van der Waals surface area contributed by atoms with Crippen molar-refractivity contribution in [3.63, 3.8) is 0 Å². The number of halogens is 2. The highest BCUT2D eigenvalue weighted by molar-refractivity contribution is 6.35. The molecule has 0 amide bonds. The predicted molar refractivity (Wildman–Crippen MR) is 84.6 cm³/mol. The van der Waals surface area contributed by atoms with E-state index in [1.165, 1.54) is 0 Å². The van der Waals surface area contributed by atoms with Crippen molar-refractivity contribution in [2.24, 2.45) is 0 Å². The van der Waals surface area contributed by atoms with Crippen molar-refractivity contribution < 1.29 is 0 Å². The van der Waals surface area contributed by atoms with Gasteiger partial charge in [0, 0.05) is 62.1 Å². The smallest absolute Gasteiger partial charge is 0.135 e. The summed E-state index contributed by atoms with van der Waals surface area (Å²) < 4.78 is 0. The van der Waals surface area contributed by atoms with Crippen LogP contribution in [0.15, 0.2) is 6.07 Å². The summed E-state index contributed by atoms with van der Waals surface area (Å²) in [6.45, 7) is 9.13. The Hall–Kier alpha value is -0.390. The van der Waals surface area contributed by atoms with Gasteiger partial charge in [-0.2, -0.15) is 0 Å². The molecule has 4 nitrogen and oxygen atoms in total. The lowest BCUT2D eigenvalue weighted by Gasteiger charge is -2.29. The maximum Gasteiger partial charge on any atom is 0.135 e. The molecule has 1 aromatic rings. The van der Waals surface area contributed by atoms with Gasteiger partial charge in [0.15, 0.2) is 0 Å². The van der Waals surface area contributed by atoms with E-state index in [0.717, 1.165) is 57.1 Å². The molecule has 0 spiro atoms. The van der Waals surface area contributed by atoms with Crippen molar-refractivity contribution in [2.45, 2.75) is 13.5 Å². The van der Waals surface area contributed by atoms with Crippen LogP contribution in [0, 0.1) is 6.92 Å². The molecule has 2 heterocycles. The van der Waals surface area contributed by atoms with Gasteiger partial charge in [-0.1, -0.05) is 23.2 Å². The van der Waals surface area contributed by atoms with Crippen LogP contribution in [-0.4, -0.2) is 61.1 Å². The van der Waals surface area contributed by atoms with Gasteiger partial charge in [-0.15, -0.1) is 0 Å². The molecule has 0 radical (unpaired) electrons. The second-order valence-corrected chi connectivity index (χ2v) is 6.11. The van der Waals surface area contributed by atoms with Crippen molar-refractivity contribution in [3.05, 3.63) is 27.5 Å². The lowest BCUT2D eigenvalue weighted by atomic mass is 10.2. The second-order valence-electron chi connectivity index (χ2n) is 5.34. The Bertz CT molecular complexity index is 424. The number of hydrogen-bond acceptors (Lipinski definition) is 4. The van der Waals surface area contributed by atoms with Crippen LogP contribution in [0.25, 0.3) is 0 Å². The standard InChI is InChI=1S/C14H22Cl2N4/c1-11-9-13(15)12(14(16)18-11)10-19(2)7-8-20-5-3-17-4-6-20/h9,17H,3-8,10H2,1-2H3. The molecule has 20 heavy (non-hydrogen) atoms. The van der Waals surface area contributed by atoms with Crippen LogP contribution >= 0.6 is 23.2 Å². The molecule has 1 aliphatic heterocycles. The van der Waals surface area contributed by atoms with Crippen LogP contribution in [0.1, 0.15) is 11.3 Å². The monoisotopic (exact) mass is 316 g/mol. The van der Waals surface area contributed by atoms with Gasteiger partial charge in [0.25, 0.3) is 0 Å². The van der Waals surface area contributed by atoms with E-state index in [1.54, 1.807) is 0 Å². The Kier molecular flexibility index (Phi) is 6.05. The van der Waals surface area contributed by atoms with Crippen LogP contribution in [0.5, 0.6) is 0 Å². The summed E-state index contributed by atoms with van der Waals surface area (Å²) >= 11 is 12.4. The van der Waals surface area contributed by atoms with Gasteiger partial charge in [-0.3, -0.25) is 4.90 Å². The molecular weight excluding hydrogens is 295 g/mol. The first kappa shape index (κ1) is 16.0. The first-order valence-corrected chi connectivity index (χ1v) is 7.75. The number of pyridine rings is 1. The summed E-state index contributed by atoms with van der Waals surface area (Å²) in [5.41, 5.74) is 1.77. The van der Waals surface area contributed by atoms with E-state index in [0.29, 0.717) is 10.2 Å². The summed E-state index contributed by atoms with van der Waals surface area (Å²) in [5, 5.41) is 4.59. The number of rotatable bonds is 5. The average molecular weight is 317 g/mol. The quantitative estimate of drug-likeness (QED) is 0.842. The number of likely N-dealkylation sites (N-methyl/N-ethyl adjacent to an activating group) is 1. The molecule has 0 aliphatic carbocycles. The number of aromatic nitrogens is 1. The van der Waals surface area contributed by atoms with Gasteiger partial charge in [-0.05, 0) is 20.0 Å². The zero-order valence-corrected chi connectivity index (χ0v) is 13.6. The Labute approximate surface area is 131 Å². The third kappa shape index (κ3) is 4.57. The van der Waals surface area contributed by atoms with Gasteiger partial charge in [-0.25, -0.2) is 4.98 Å². The number of aryl methyl sites for hydroxylation is 1. The predicted octanol–water partition coefficient (Wildman–Crippen LogP) is 2.03. The van der Waals surface area contributed by atoms with E-state index in [1.807, 2.05) is 13.0 Å². The Morgan fingerprint density at radius 1 is 1.35 bits per heavy atom. The van der Waals surface area contributed by atoms with Crippen molar-refractivity contribution >= 4 is 23.2 Å². The number of hydrogen-bond donors (Lipinski definition) is 1. The molecule has 1 N–H and O–H groups in total. The van der Waals surface area contributed by atoms with Crippen LogP contribution in [-0.2, 0) is 6.54 Å². The fourth-order valence-corrected chi connectivity index (χ4v) is 3.01. The molecule has 112 valence electrons. The normalized spacial score (nSPS) is 16.9. The maximum atomic E-state index is 6.26. The zero-order chi connectivity index (χ0) is 14.5. The van der Waals surface area contributed by atoms with Crippen LogP contribution in [0.2, 0.25) is 10.2 Å². The summed E-state index contributed by atoms with van der Waals surface area (Å²) in [5.74, 6) is 0. The third-order valence-corrected chi connectivity index (χ3v) is 4.23. The van der Waals surface area contributed by atoms with Crippen molar-refractivity contribution in [1.29, 1.82) is 0 Å². The van der Waals surface area contributed by atoms with Crippen LogP contribution in [0.3, 0.4) is 0 Å². The highest BCUT2D eigenvalue weighted by atomic mass is 35.5. The van der Waals surface area contributed by atoms with E-state index in [2.05, 4.69) is 27.1 Å². The average Bonchev–Trinajstić information content (AvgIpc) is 2.42. The van der Waals surface area contributed by atoms with E-state index in [-0.39, 0.29) is 0 Å². The summed E-state index contributed by atoms with van der Waals surface area (Å²) in [6.07, 6.45) is 0. The lowest BCUT2D eigenvalue weighted by Crippen LogP contribution is -2.45. The van der Waals surface area contributed by atoms with Gasteiger partial charge >= 0.3 is 0 Å². The molecular formula is C14H22Cl2N4. The molecule has 0 saturated carbocycles. The number of nitrogens with one attached hydrogen (secondary N) is 1. The van der Waals surface area contributed by atoms with Gasteiger partial charge in [0.2, 0.25) is 0 Å². The first-order chi connectivity index (χ1) is 9.56. The molecule has 1 saturated heterocycles. The van der Waals surface area contributed by atoms with E-state index in [4.69, 9.17) is 23.2 Å². The molecule has 1 aromatic heterocycles. The van der Waals surface area contributed by atoms with E-state index < -0.39 is 0 Å². The number of nitrogens with zero attached hydrogens (tertiary/aromatic N) is 3. The Balaban J connectivity index is 1.86. The molecule has 6 heteroatoms. The molecule has 0 bridgehead atoms. The van der Waals surface area contributed by atoms with Crippen LogP contribution < -0.4 is 5.32 Å². The second kappa shape index (κ2) is 7.57. The molecule has 0 unspecified atom stereocenters. The summed E-state index contributed by atoms with van der Waals surface area (Å²) in [6, 6.07) is 1.87. The lowest BCUT2D eigenvalue weighted by molar-refractivity contribution is 0.202. The fourth-order valence-electron chi connectivity index (χ4n) is 2.36. The summed E-state index contributed by atoms with van der Waals surface area (Å²) in [7, 11) is 2.09. The van der Waals surface area contributed by atoms with Crippen molar-refractivity contribution in [3.8, 4) is 0 Å². The fraction of sp³-hybridized carbons (Fsp3) is 0.643. The van der Waals surface area contributed by atoms with Gasteiger partial charge < -0.3 is 10.2 Å². The summed E-state index contributed by atoms with van der Waals surface area (Å²) in [4.78, 5) is 8.99. The topological polar surface area (TPSA) is 31.4 Å². The molecule has 0 aromatic carbocycles. The minimum Gasteiger partial charge on any atom is -0.314 e. The van der Waals surface area contributed by atoms with E-state index in [9.17, 15) is 0 Å². The highest BCUT2D eigenvalue weighted by Gasteiger charge is 2.13. The van der Waals surface area contributed by atoms with E-state index >= 15 is 0 Å². The first-order valence-electron chi connectivity index (χ1n) is 6.99. The maximum absolute atomic E-state index is 6.26. The van der Waals surface area contributed by atoms with Crippen molar-refractivity contribution in [2.75, 3.05) is 46.3 Å². The van der Waals surface area contributed by atoms with Crippen molar-refractivity contribution in [1.82, 2.24) is 20.1 Å². The van der Waals surface area contributed by atoms with Gasteiger partial charge in [0.05, 0.1) is 0 Å². The Morgan fingerprint density at radius 3 is 2.70 bits per heavy atom. The molecule has 1 fully saturated rings. The molecule has 0 atom stereocenters. The Morgan fingerprint density at radius 2 is 2.05 bits per heavy atom.